The van der Waals surface area contributed by atoms with Gasteiger partial charge >= 0.3 is 0 Å². The molecular formula is C10H12N2S. The van der Waals surface area contributed by atoms with Gasteiger partial charge in [-0.25, -0.2) is 4.98 Å². The third-order valence-electron chi connectivity index (χ3n) is 1.51. The van der Waals surface area contributed by atoms with E-state index in [0.717, 1.165) is 10.5 Å². The Balaban J connectivity index is 2.78. The highest BCUT2D eigenvalue weighted by Crippen LogP contribution is 2.22. The number of nitrogens with two attached hydrogens (primary N) is 1. The predicted octanol–water partition coefficient (Wildman–Crippen LogP) is 2.87. The first-order valence-electron chi connectivity index (χ1n) is 3.91. The van der Waals surface area contributed by atoms with E-state index in [1.807, 2.05) is 25.2 Å². The number of nitrogens with zero attached hydrogens (tertiary/aromatic N) is 1. The molecule has 1 heterocycles. The van der Waals surface area contributed by atoms with Gasteiger partial charge in [0.05, 0.1) is 4.88 Å². The quantitative estimate of drug-likeness (QED) is 0.748. The lowest BCUT2D eigenvalue weighted by Crippen LogP contribution is -1.77. The zero-order chi connectivity index (χ0) is 9.68. The van der Waals surface area contributed by atoms with E-state index in [-0.39, 0.29) is 0 Å². The minimum Gasteiger partial charge on any atom is -0.375 e. The largest absolute Gasteiger partial charge is 0.375 e. The van der Waals surface area contributed by atoms with Gasteiger partial charge in [-0.15, -0.1) is 0 Å². The van der Waals surface area contributed by atoms with Crippen molar-refractivity contribution < 1.29 is 0 Å². The van der Waals surface area contributed by atoms with Crippen molar-refractivity contribution in [3.63, 3.8) is 0 Å². The summed E-state index contributed by atoms with van der Waals surface area (Å²) >= 11 is 1.49. The van der Waals surface area contributed by atoms with Crippen molar-refractivity contribution in [2.75, 3.05) is 5.73 Å². The van der Waals surface area contributed by atoms with Crippen LogP contribution in [0.4, 0.5) is 5.13 Å². The second-order valence-electron chi connectivity index (χ2n) is 2.53. The topological polar surface area (TPSA) is 38.9 Å². The van der Waals surface area contributed by atoms with Crippen LogP contribution >= 0.6 is 11.3 Å². The van der Waals surface area contributed by atoms with E-state index in [0.29, 0.717) is 5.13 Å². The number of rotatable bonds is 3. The summed E-state index contributed by atoms with van der Waals surface area (Å²) in [6.45, 7) is 5.62. The highest BCUT2D eigenvalue weighted by molar-refractivity contribution is 7.16. The van der Waals surface area contributed by atoms with Crippen LogP contribution in [0, 0.1) is 0 Å². The zero-order valence-electron chi connectivity index (χ0n) is 7.53. The predicted molar refractivity (Wildman–Crippen MR) is 59.5 cm³/mol. The molecule has 2 N–H and O–H groups in total. The molecule has 1 aromatic rings. The van der Waals surface area contributed by atoms with E-state index in [2.05, 4.69) is 11.6 Å². The lowest BCUT2D eigenvalue weighted by molar-refractivity contribution is 1.41. The van der Waals surface area contributed by atoms with Gasteiger partial charge in [-0.3, -0.25) is 0 Å². The lowest BCUT2D eigenvalue weighted by Gasteiger charge is -1.90. The van der Waals surface area contributed by atoms with Crippen LogP contribution in [0.1, 0.15) is 11.8 Å². The van der Waals surface area contributed by atoms with Gasteiger partial charge in [-0.1, -0.05) is 42.2 Å². The van der Waals surface area contributed by atoms with Gasteiger partial charge in [0.1, 0.15) is 0 Å². The van der Waals surface area contributed by atoms with Crippen LogP contribution < -0.4 is 5.73 Å². The van der Waals surface area contributed by atoms with Crippen molar-refractivity contribution in [3.8, 4) is 0 Å². The number of hydrogen-bond acceptors (Lipinski definition) is 3. The van der Waals surface area contributed by atoms with Gasteiger partial charge in [-0.2, -0.15) is 0 Å². The number of thiazole rings is 1. The molecule has 0 bridgehead atoms. The first kappa shape index (κ1) is 9.74. The smallest absolute Gasteiger partial charge is 0.180 e. The summed E-state index contributed by atoms with van der Waals surface area (Å²) in [5.74, 6) is 0. The van der Waals surface area contributed by atoms with Crippen LogP contribution in [-0.2, 0) is 0 Å². The molecule has 1 rings (SSSR count). The summed E-state index contributed by atoms with van der Waals surface area (Å²) in [5, 5.41) is 0.607. The van der Waals surface area contributed by atoms with Gasteiger partial charge in [0.15, 0.2) is 5.13 Å². The van der Waals surface area contributed by atoms with Gasteiger partial charge in [0, 0.05) is 6.20 Å². The molecule has 13 heavy (non-hydrogen) atoms. The number of nitrogen functional groups attached to an aromatic ring is 1. The Morgan fingerprint density at radius 1 is 1.62 bits per heavy atom. The van der Waals surface area contributed by atoms with Crippen LogP contribution in [0.25, 0.3) is 5.57 Å². The molecule has 0 atom stereocenters. The van der Waals surface area contributed by atoms with Crippen LogP contribution in [0.3, 0.4) is 0 Å². The monoisotopic (exact) mass is 192 g/mol. The number of hydrogen-bond donors (Lipinski definition) is 1. The van der Waals surface area contributed by atoms with Crippen molar-refractivity contribution in [2.24, 2.45) is 0 Å². The Labute approximate surface area is 82.1 Å². The molecule has 0 aromatic carbocycles. The second kappa shape index (κ2) is 4.62. The van der Waals surface area contributed by atoms with Crippen molar-refractivity contribution in [2.45, 2.75) is 6.92 Å². The van der Waals surface area contributed by atoms with E-state index >= 15 is 0 Å². The molecule has 0 fully saturated rings. The minimum absolute atomic E-state index is 0.607. The molecule has 68 valence electrons. The molecule has 0 aliphatic carbocycles. The van der Waals surface area contributed by atoms with Gasteiger partial charge < -0.3 is 5.73 Å². The maximum atomic E-state index is 5.52. The average Bonchev–Trinajstić information content (AvgIpc) is 2.52. The first-order valence-corrected chi connectivity index (χ1v) is 4.73. The Hall–Kier alpha value is -1.35. The number of anilines is 1. The molecule has 0 aliphatic heterocycles. The standard InChI is InChI=1S/C10H12N2S/c1-3-4-5-6-8(2)9-7-12-10(11)13-9/h3-7H,1H2,2H3,(H2,11,12)/b5-4-,8-6+. The van der Waals surface area contributed by atoms with Gasteiger partial charge in [-0.05, 0) is 12.5 Å². The fraction of sp³-hybridized carbons (Fsp3) is 0.100. The maximum absolute atomic E-state index is 5.52. The number of aromatic nitrogens is 1. The summed E-state index contributed by atoms with van der Waals surface area (Å²) in [7, 11) is 0. The molecule has 3 heteroatoms. The molecular weight excluding hydrogens is 180 g/mol. The summed E-state index contributed by atoms with van der Waals surface area (Å²) in [5.41, 5.74) is 6.68. The van der Waals surface area contributed by atoms with E-state index < -0.39 is 0 Å². The van der Waals surface area contributed by atoms with Crippen LogP contribution in [0.15, 0.2) is 37.1 Å². The van der Waals surface area contributed by atoms with Crippen LogP contribution in [0.2, 0.25) is 0 Å². The highest BCUT2D eigenvalue weighted by Gasteiger charge is 1.98. The van der Waals surface area contributed by atoms with Crippen molar-refractivity contribution >= 4 is 22.0 Å². The van der Waals surface area contributed by atoms with E-state index in [1.54, 1.807) is 12.3 Å². The van der Waals surface area contributed by atoms with E-state index in [1.165, 1.54) is 11.3 Å². The molecule has 0 saturated heterocycles. The van der Waals surface area contributed by atoms with Gasteiger partial charge in [0.2, 0.25) is 0 Å². The fourth-order valence-corrected chi connectivity index (χ4v) is 1.50. The Morgan fingerprint density at radius 2 is 2.38 bits per heavy atom. The zero-order valence-corrected chi connectivity index (χ0v) is 8.34. The van der Waals surface area contributed by atoms with Crippen LogP contribution in [-0.4, -0.2) is 4.98 Å². The molecule has 0 aliphatic rings. The molecule has 1 aromatic heterocycles. The van der Waals surface area contributed by atoms with Crippen molar-refractivity contribution in [1.29, 1.82) is 0 Å². The van der Waals surface area contributed by atoms with Gasteiger partial charge in [0.25, 0.3) is 0 Å². The maximum Gasteiger partial charge on any atom is 0.180 e. The molecule has 0 unspecified atom stereocenters. The lowest BCUT2D eigenvalue weighted by atomic mass is 10.2. The van der Waals surface area contributed by atoms with Crippen molar-refractivity contribution in [3.05, 3.63) is 42.0 Å². The van der Waals surface area contributed by atoms with Crippen molar-refractivity contribution in [1.82, 2.24) is 4.98 Å². The molecule has 0 saturated carbocycles. The molecule has 0 amide bonds. The molecule has 2 nitrogen and oxygen atoms in total. The summed E-state index contributed by atoms with van der Waals surface area (Å²) in [6.07, 6.45) is 9.36. The second-order valence-corrected chi connectivity index (χ2v) is 3.60. The van der Waals surface area contributed by atoms with E-state index in [9.17, 15) is 0 Å². The number of allylic oxidation sites excluding steroid dienone is 5. The minimum atomic E-state index is 0.607. The summed E-state index contributed by atoms with van der Waals surface area (Å²) in [6, 6.07) is 0. The first-order chi connectivity index (χ1) is 6.24. The fourth-order valence-electron chi connectivity index (χ4n) is 0.831. The van der Waals surface area contributed by atoms with Crippen LogP contribution in [0.5, 0.6) is 0 Å². The summed E-state index contributed by atoms with van der Waals surface area (Å²) in [4.78, 5) is 5.08. The average molecular weight is 192 g/mol. The molecule has 0 radical (unpaired) electrons. The third-order valence-corrected chi connectivity index (χ3v) is 2.47. The third kappa shape index (κ3) is 2.87. The Bertz CT molecular complexity index is 348. The van der Waals surface area contributed by atoms with E-state index in [4.69, 9.17) is 5.73 Å². The Kier molecular flexibility index (Phi) is 3.46. The molecule has 0 spiro atoms. The SMILES string of the molecule is C=C/C=C\C=C(/C)c1cnc(N)s1. The normalized spacial score (nSPS) is 12.2. The highest BCUT2D eigenvalue weighted by atomic mass is 32.1. The summed E-state index contributed by atoms with van der Waals surface area (Å²) < 4.78 is 0. The Morgan fingerprint density at radius 3 is 2.92 bits per heavy atom.